The summed E-state index contributed by atoms with van der Waals surface area (Å²) in [5, 5.41) is 6.23. The quantitative estimate of drug-likeness (QED) is 0.765. The van der Waals surface area contributed by atoms with E-state index in [0.29, 0.717) is 18.6 Å². The number of hydrogen-bond donors (Lipinski definition) is 1. The van der Waals surface area contributed by atoms with Gasteiger partial charge in [-0.05, 0) is 18.4 Å². The maximum absolute atomic E-state index is 13.2. The average Bonchev–Trinajstić information content (AvgIpc) is 3.32. The highest BCUT2D eigenvalue weighted by Crippen LogP contribution is 2.37. The van der Waals surface area contributed by atoms with Crippen LogP contribution in [0.15, 0.2) is 40.5 Å². The zero-order chi connectivity index (χ0) is 16.7. The standard InChI is InChI=1S/C19H21N3OS/c1-12(2)20-10-16-21-18-17(19(23)22(16)14-8-9-14)15(11-24-18)13-6-4-3-5-7-13/h3-7,11-12,14,20H,8-10H2,1-2H3. The van der Waals surface area contributed by atoms with Crippen LogP contribution in [-0.4, -0.2) is 15.6 Å². The second-order valence-corrected chi connectivity index (χ2v) is 7.52. The molecule has 0 aliphatic heterocycles. The van der Waals surface area contributed by atoms with Gasteiger partial charge in [0.25, 0.3) is 5.56 Å². The lowest BCUT2D eigenvalue weighted by Gasteiger charge is -2.14. The van der Waals surface area contributed by atoms with E-state index in [0.717, 1.165) is 40.0 Å². The number of thiophene rings is 1. The molecule has 1 N–H and O–H groups in total. The topological polar surface area (TPSA) is 46.9 Å². The maximum Gasteiger partial charge on any atom is 0.263 e. The SMILES string of the molecule is CC(C)NCc1nc2scc(-c3ccccc3)c2c(=O)n1C1CC1. The fraction of sp³-hybridized carbons (Fsp3) is 0.368. The minimum absolute atomic E-state index is 0.114. The Kier molecular flexibility index (Phi) is 3.98. The van der Waals surface area contributed by atoms with Crippen molar-refractivity contribution in [2.24, 2.45) is 0 Å². The Labute approximate surface area is 145 Å². The fourth-order valence-corrected chi connectivity index (χ4v) is 3.96. The molecule has 1 aliphatic rings. The Morgan fingerprint density at radius 3 is 2.71 bits per heavy atom. The molecule has 24 heavy (non-hydrogen) atoms. The average molecular weight is 339 g/mol. The van der Waals surface area contributed by atoms with Gasteiger partial charge in [-0.3, -0.25) is 9.36 Å². The Morgan fingerprint density at radius 2 is 2.04 bits per heavy atom. The van der Waals surface area contributed by atoms with Gasteiger partial charge >= 0.3 is 0 Å². The second-order valence-electron chi connectivity index (χ2n) is 6.67. The molecule has 5 heteroatoms. The molecule has 0 bridgehead atoms. The van der Waals surface area contributed by atoms with Crippen molar-refractivity contribution in [1.29, 1.82) is 0 Å². The third kappa shape index (κ3) is 2.78. The lowest BCUT2D eigenvalue weighted by Crippen LogP contribution is -2.30. The van der Waals surface area contributed by atoms with Crippen molar-refractivity contribution in [2.45, 2.75) is 45.3 Å². The monoisotopic (exact) mass is 339 g/mol. The lowest BCUT2D eigenvalue weighted by atomic mass is 10.1. The molecule has 0 spiro atoms. The van der Waals surface area contributed by atoms with Crippen molar-refractivity contribution in [3.05, 3.63) is 51.9 Å². The number of nitrogens with one attached hydrogen (secondary N) is 1. The van der Waals surface area contributed by atoms with Gasteiger partial charge in [0.1, 0.15) is 10.7 Å². The lowest BCUT2D eigenvalue weighted by molar-refractivity contribution is 0.536. The molecule has 0 amide bonds. The van der Waals surface area contributed by atoms with E-state index in [1.165, 1.54) is 0 Å². The minimum Gasteiger partial charge on any atom is -0.308 e. The second kappa shape index (κ2) is 6.15. The predicted octanol–water partition coefficient (Wildman–Crippen LogP) is 3.96. The molecule has 0 atom stereocenters. The van der Waals surface area contributed by atoms with E-state index in [-0.39, 0.29) is 5.56 Å². The molecule has 1 saturated carbocycles. The zero-order valence-electron chi connectivity index (χ0n) is 14.0. The van der Waals surface area contributed by atoms with Crippen LogP contribution >= 0.6 is 11.3 Å². The summed E-state index contributed by atoms with van der Waals surface area (Å²) in [6, 6.07) is 10.8. The van der Waals surface area contributed by atoms with Gasteiger partial charge in [0.15, 0.2) is 0 Å². The summed E-state index contributed by atoms with van der Waals surface area (Å²) >= 11 is 1.56. The van der Waals surface area contributed by atoms with Crippen LogP contribution in [-0.2, 0) is 6.54 Å². The summed E-state index contributed by atoms with van der Waals surface area (Å²) in [5.74, 6) is 0.866. The first-order valence-electron chi connectivity index (χ1n) is 8.46. The van der Waals surface area contributed by atoms with Gasteiger partial charge in [-0.2, -0.15) is 0 Å². The summed E-state index contributed by atoms with van der Waals surface area (Å²) < 4.78 is 1.93. The normalized spacial score (nSPS) is 14.6. The fourth-order valence-electron chi connectivity index (χ4n) is 3.00. The van der Waals surface area contributed by atoms with Crippen molar-refractivity contribution < 1.29 is 0 Å². The van der Waals surface area contributed by atoms with E-state index in [2.05, 4.69) is 36.7 Å². The van der Waals surface area contributed by atoms with Crippen molar-refractivity contribution in [3.8, 4) is 11.1 Å². The van der Waals surface area contributed by atoms with Gasteiger partial charge in [0.05, 0.1) is 11.9 Å². The maximum atomic E-state index is 13.2. The van der Waals surface area contributed by atoms with Crippen LogP contribution in [0.3, 0.4) is 0 Å². The van der Waals surface area contributed by atoms with E-state index in [9.17, 15) is 4.79 Å². The van der Waals surface area contributed by atoms with Crippen molar-refractivity contribution in [2.75, 3.05) is 0 Å². The molecule has 0 unspecified atom stereocenters. The molecule has 1 fully saturated rings. The number of nitrogens with zero attached hydrogens (tertiary/aromatic N) is 2. The molecule has 3 aromatic rings. The van der Waals surface area contributed by atoms with E-state index in [1.54, 1.807) is 11.3 Å². The van der Waals surface area contributed by atoms with Crippen LogP contribution in [0.2, 0.25) is 0 Å². The van der Waals surface area contributed by atoms with Gasteiger partial charge in [-0.1, -0.05) is 44.2 Å². The summed E-state index contributed by atoms with van der Waals surface area (Å²) in [5.41, 5.74) is 2.20. The highest BCUT2D eigenvalue weighted by atomic mass is 32.1. The molecule has 2 aromatic heterocycles. The van der Waals surface area contributed by atoms with Gasteiger partial charge in [0, 0.05) is 23.0 Å². The van der Waals surface area contributed by atoms with Crippen LogP contribution in [0.5, 0.6) is 0 Å². The van der Waals surface area contributed by atoms with E-state index >= 15 is 0 Å². The van der Waals surface area contributed by atoms with Crippen LogP contribution < -0.4 is 10.9 Å². The molecule has 1 aromatic carbocycles. The molecular formula is C19H21N3OS. The summed E-state index contributed by atoms with van der Waals surface area (Å²) in [4.78, 5) is 18.9. The van der Waals surface area contributed by atoms with Crippen LogP contribution in [0.4, 0.5) is 0 Å². The highest BCUT2D eigenvalue weighted by Gasteiger charge is 2.29. The first-order valence-corrected chi connectivity index (χ1v) is 9.34. The van der Waals surface area contributed by atoms with Crippen LogP contribution in [0.1, 0.15) is 38.6 Å². The third-order valence-electron chi connectivity index (χ3n) is 4.38. The van der Waals surface area contributed by atoms with Gasteiger partial charge in [-0.15, -0.1) is 11.3 Å². The highest BCUT2D eigenvalue weighted by molar-refractivity contribution is 7.17. The first kappa shape index (κ1) is 15.5. The number of fused-ring (bicyclic) bond motifs is 1. The number of aromatic nitrogens is 2. The molecule has 4 nitrogen and oxygen atoms in total. The van der Waals surface area contributed by atoms with Crippen LogP contribution in [0.25, 0.3) is 21.3 Å². The number of rotatable bonds is 5. The molecular weight excluding hydrogens is 318 g/mol. The van der Waals surface area contributed by atoms with E-state index in [1.807, 2.05) is 22.8 Å². The molecule has 1 aliphatic carbocycles. The molecule has 0 saturated heterocycles. The zero-order valence-corrected chi connectivity index (χ0v) is 14.8. The minimum atomic E-state index is 0.114. The van der Waals surface area contributed by atoms with Gasteiger partial charge in [0.2, 0.25) is 0 Å². The summed E-state index contributed by atoms with van der Waals surface area (Å²) in [7, 11) is 0. The Bertz CT molecular complexity index is 923. The predicted molar refractivity (Wildman–Crippen MR) is 99.6 cm³/mol. The molecule has 2 heterocycles. The summed E-state index contributed by atoms with van der Waals surface area (Å²) in [6.07, 6.45) is 2.15. The Hall–Kier alpha value is -1.98. The summed E-state index contributed by atoms with van der Waals surface area (Å²) in [6.45, 7) is 4.85. The van der Waals surface area contributed by atoms with Crippen molar-refractivity contribution in [1.82, 2.24) is 14.9 Å². The van der Waals surface area contributed by atoms with Crippen molar-refractivity contribution >= 4 is 21.6 Å². The van der Waals surface area contributed by atoms with Crippen LogP contribution in [0, 0.1) is 0 Å². The number of hydrogen-bond acceptors (Lipinski definition) is 4. The van der Waals surface area contributed by atoms with Crippen molar-refractivity contribution in [3.63, 3.8) is 0 Å². The first-order chi connectivity index (χ1) is 11.6. The van der Waals surface area contributed by atoms with E-state index < -0.39 is 0 Å². The Morgan fingerprint density at radius 1 is 1.29 bits per heavy atom. The smallest absolute Gasteiger partial charge is 0.263 e. The largest absolute Gasteiger partial charge is 0.308 e. The molecule has 124 valence electrons. The van der Waals surface area contributed by atoms with Gasteiger partial charge < -0.3 is 5.32 Å². The number of benzene rings is 1. The molecule has 0 radical (unpaired) electrons. The van der Waals surface area contributed by atoms with E-state index in [4.69, 9.17) is 4.98 Å². The van der Waals surface area contributed by atoms with Gasteiger partial charge in [-0.25, -0.2) is 4.98 Å². The Balaban J connectivity index is 1.89. The third-order valence-corrected chi connectivity index (χ3v) is 5.25. The molecule has 4 rings (SSSR count).